The number of aromatic nitrogens is 4. The molecule has 0 spiro atoms. The Balaban J connectivity index is 2.36. The third-order valence-electron chi connectivity index (χ3n) is 2.24. The Hall–Kier alpha value is -1.75. The van der Waals surface area contributed by atoms with Crippen molar-refractivity contribution in [2.45, 2.75) is 13.0 Å². The van der Waals surface area contributed by atoms with Gasteiger partial charge in [-0.25, -0.2) is 9.97 Å². The van der Waals surface area contributed by atoms with Gasteiger partial charge in [0.1, 0.15) is 12.4 Å². The molecule has 2 aromatic heterocycles. The molecule has 1 unspecified atom stereocenters. The fourth-order valence-electron chi connectivity index (χ4n) is 1.52. The molecular formula is C10H12N4O. The molecule has 0 aliphatic carbocycles. The van der Waals surface area contributed by atoms with Crippen molar-refractivity contribution in [2.75, 3.05) is 0 Å². The van der Waals surface area contributed by atoms with E-state index in [1.165, 1.54) is 6.33 Å². The number of aliphatic hydroxyl groups is 1. The molecular weight excluding hydrogens is 192 g/mol. The Morgan fingerprint density at radius 2 is 2.00 bits per heavy atom. The van der Waals surface area contributed by atoms with Crippen LogP contribution in [0, 0.1) is 6.92 Å². The van der Waals surface area contributed by atoms with Crippen molar-refractivity contribution in [3.63, 3.8) is 0 Å². The van der Waals surface area contributed by atoms with Gasteiger partial charge in [0.25, 0.3) is 0 Å². The normalized spacial score (nSPS) is 12.7. The SMILES string of the molecule is Cc1nn(C)cc1C(O)c1cncnc1. The first-order valence-electron chi connectivity index (χ1n) is 4.61. The standard InChI is InChI=1S/C10H12N4O/c1-7-9(5-14(2)13-7)10(15)8-3-11-6-12-4-8/h3-6,10,15H,1-2H3. The van der Waals surface area contributed by atoms with E-state index in [1.807, 2.05) is 14.0 Å². The molecule has 1 atom stereocenters. The van der Waals surface area contributed by atoms with Gasteiger partial charge < -0.3 is 5.11 Å². The molecule has 0 radical (unpaired) electrons. The predicted octanol–water partition coefficient (Wildman–Crippen LogP) is 0.600. The molecule has 0 saturated carbocycles. The summed E-state index contributed by atoms with van der Waals surface area (Å²) in [5.74, 6) is 0. The van der Waals surface area contributed by atoms with Crippen molar-refractivity contribution in [3.8, 4) is 0 Å². The third-order valence-corrected chi connectivity index (χ3v) is 2.24. The maximum absolute atomic E-state index is 10.1. The van der Waals surface area contributed by atoms with Gasteiger partial charge in [0.2, 0.25) is 0 Å². The molecule has 2 rings (SSSR count). The minimum absolute atomic E-state index is 0.675. The van der Waals surface area contributed by atoms with Crippen LogP contribution in [-0.2, 0) is 7.05 Å². The van der Waals surface area contributed by atoms with Crippen LogP contribution in [0.25, 0.3) is 0 Å². The Kier molecular flexibility index (Phi) is 2.47. The Labute approximate surface area is 87.4 Å². The summed E-state index contributed by atoms with van der Waals surface area (Å²) in [5.41, 5.74) is 2.27. The van der Waals surface area contributed by atoms with Crippen LogP contribution in [0.3, 0.4) is 0 Å². The smallest absolute Gasteiger partial charge is 0.115 e. The first-order chi connectivity index (χ1) is 7.18. The van der Waals surface area contributed by atoms with Crippen LogP contribution in [0.15, 0.2) is 24.9 Å². The summed E-state index contributed by atoms with van der Waals surface area (Å²) >= 11 is 0. The molecule has 1 N–H and O–H groups in total. The fourth-order valence-corrected chi connectivity index (χ4v) is 1.52. The van der Waals surface area contributed by atoms with Crippen LogP contribution in [0.5, 0.6) is 0 Å². The highest BCUT2D eigenvalue weighted by Crippen LogP contribution is 2.22. The van der Waals surface area contributed by atoms with Gasteiger partial charge in [-0.1, -0.05) is 0 Å². The molecule has 0 aliphatic rings. The van der Waals surface area contributed by atoms with Crippen LogP contribution < -0.4 is 0 Å². The fraction of sp³-hybridized carbons (Fsp3) is 0.300. The summed E-state index contributed by atoms with van der Waals surface area (Å²) in [7, 11) is 1.82. The van der Waals surface area contributed by atoms with Crippen molar-refractivity contribution >= 4 is 0 Å². The van der Waals surface area contributed by atoms with Crippen molar-refractivity contribution in [1.29, 1.82) is 0 Å². The first kappa shape index (κ1) is 9.79. The van der Waals surface area contributed by atoms with E-state index in [0.29, 0.717) is 5.56 Å². The van der Waals surface area contributed by atoms with E-state index in [1.54, 1.807) is 23.3 Å². The van der Waals surface area contributed by atoms with Crippen LogP contribution in [0.1, 0.15) is 22.9 Å². The topological polar surface area (TPSA) is 63.8 Å². The lowest BCUT2D eigenvalue weighted by molar-refractivity contribution is 0.218. The molecule has 0 aromatic carbocycles. The van der Waals surface area contributed by atoms with Gasteiger partial charge in [0.05, 0.1) is 5.69 Å². The van der Waals surface area contributed by atoms with Crippen LogP contribution in [-0.4, -0.2) is 24.9 Å². The highest BCUT2D eigenvalue weighted by molar-refractivity contribution is 5.27. The van der Waals surface area contributed by atoms with E-state index in [4.69, 9.17) is 0 Å². The quantitative estimate of drug-likeness (QED) is 0.778. The van der Waals surface area contributed by atoms with E-state index in [2.05, 4.69) is 15.1 Å². The monoisotopic (exact) mass is 204 g/mol. The zero-order valence-corrected chi connectivity index (χ0v) is 8.62. The second-order valence-corrected chi connectivity index (χ2v) is 3.42. The zero-order chi connectivity index (χ0) is 10.8. The van der Waals surface area contributed by atoms with Crippen LogP contribution in [0.4, 0.5) is 0 Å². The van der Waals surface area contributed by atoms with E-state index >= 15 is 0 Å². The second-order valence-electron chi connectivity index (χ2n) is 3.42. The molecule has 2 aromatic rings. The van der Waals surface area contributed by atoms with Crippen molar-refractivity contribution < 1.29 is 5.11 Å². The average Bonchev–Trinajstić information content (AvgIpc) is 2.58. The maximum atomic E-state index is 10.1. The van der Waals surface area contributed by atoms with Gasteiger partial charge in [0, 0.05) is 36.8 Å². The molecule has 0 amide bonds. The first-order valence-corrected chi connectivity index (χ1v) is 4.61. The van der Waals surface area contributed by atoms with Gasteiger partial charge in [-0.05, 0) is 6.92 Å². The number of hydrogen-bond acceptors (Lipinski definition) is 4. The summed E-state index contributed by atoms with van der Waals surface area (Å²) in [6.07, 6.45) is 5.73. The summed E-state index contributed by atoms with van der Waals surface area (Å²) in [5, 5.41) is 14.2. The van der Waals surface area contributed by atoms with Gasteiger partial charge in [-0.3, -0.25) is 4.68 Å². The molecule has 0 saturated heterocycles. The van der Waals surface area contributed by atoms with Crippen LogP contribution in [0.2, 0.25) is 0 Å². The summed E-state index contributed by atoms with van der Waals surface area (Å²) < 4.78 is 1.68. The Bertz CT molecular complexity index is 452. The van der Waals surface area contributed by atoms with E-state index in [0.717, 1.165) is 11.3 Å². The average molecular weight is 204 g/mol. The summed E-state index contributed by atoms with van der Waals surface area (Å²) in [6.45, 7) is 1.86. The number of aliphatic hydroxyl groups excluding tert-OH is 1. The van der Waals surface area contributed by atoms with Crippen molar-refractivity contribution in [2.24, 2.45) is 7.05 Å². The highest BCUT2D eigenvalue weighted by atomic mass is 16.3. The van der Waals surface area contributed by atoms with Gasteiger partial charge in [-0.15, -0.1) is 0 Å². The van der Waals surface area contributed by atoms with Crippen LogP contribution >= 0.6 is 0 Å². The summed E-state index contributed by atoms with van der Waals surface area (Å²) in [6, 6.07) is 0. The Morgan fingerprint density at radius 1 is 1.33 bits per heavy atom. The molecule has 15 heavy (non-hydrogen) atoms. The maximum Gasteiger partial charge on any atom is 0.115 e. The number of aryl methyl sites for hydroxylation is 2. The molecule has 0 fully saturated rings. The minimum atomic E-state index is -0.708. The zero-order valence-electron chi connectivity index (χ0n) is 8.62. The molecule has 78 valence electrons. The van der Waals surface area contributed by atoms with Gasteiger partial charge in [-0.2, -0.15) is 5.10 Å². The largest absolute Gasteiger partial charge is 0.383 e. The lowest BCUT2D eigenvalue weighted by Gasteiger charge is -2.08. The van der Waals surface area contributed by atoms with Gasteiger partial charge >= 0.3 is 0 Å². The number of hydrogen-bond donors (Lipinski definition) is 1. The molecule has 2 heterocycles. The van der Waals surface area contributed by atoms with E-state index in [9.17, 15) is 5.11 Å². The third kappa shape index (κ3) is 1.87. The van der Waals surface area contributed by atoms with Crippen molar-refractivity contribution in [1.82, 2.24) is 19.7 Å². The molecule has 5 heteroatoms. The highest BCUT2D eigenvalue weighted by Gasteiger charge is 2.15. The minimum Gasteiger partial charge on any atom is -0.383 e. The summed E-state index contributed by atoms with van der Waals surface area (Å²) in [4.78, 5) is 7.74. The second kappa shape index (κ2) is 3.78. The predicted molar refractivity (Wildman–Crippen MR) is 54.0 cm³/mol. The Morgan fingerprint density at radius 3 is 2.53 bits per heavy atom. The number of nitrogens with zero attached hydrogens (tertiary/aromatic N) is 4. The van der Waals surface area contributed by atoms with Crippen molar-refractivity contribution in [3.05, 3.63) is 41.7 Å². The molecule has 0 bridgehead atoms. The van der Waals surface area contributed by atoms with E-state index < -0.39 is 6.10 Å². The number of rotatable bonds is 2. The molecule has 5 nitrogen and oxygen atoms in total. The molecule has 0 aliphatic heterocycles. The van der Waals surface area contributed by atoms with Gasteiger partial charge in [0.15, 0.2) is 0 Å². The lowest BCUT2D eigenvalue weighted by Crippen LogP contribution is -2.01. The van der Waals surface area contributed by atoms with E-state index in [-0.39, 0.29) is 0 Å². The lowest BCUT2D eigenvalue weighted by atomic mass is 10.1.